The van der Waals surface area contributed by atoms with Gasteiger partial charge in [-0.25, -0.2) is 9.97 Å². The van der Waals surface area contributed by atoms with Gasteiger partial charge in [0.25, 0.3) is 0 Å². The molecular formula is C21H20N4O2S. The number of ether oxygens (including phenoxy) is 1. The number of aromatic nitrogens is 3. The molecule has 1 amide bonds. The highest BCUT2D eigenvalue weighted by molar-refractivity contribution is 7.18. The second-order valence-electron chi connectivity index (χ2n) is 6.42. The SMILES string of the molecule is C[C@H](NC(=O)COCc1nc2ccccc2s1)c1ccc(-n2ccnc2)cc1. The van der Waals surface area contributed by atoms with Crippen molar-refractivity contribution in [1.82, 2.24) is 19.9 Å². The third kappa shape index (κ3) is 4.27. The van der Waals surface area contributed by atoms with Crippen LogP contribution in [0.5, 0.6) is 0 Å². The first-order chi connectivity index (χ1) is 13.7. The Morgan fingerprint density at radius 3 is 2.79 bits per heavy atom. The van der Waals surface area contributed by atoms with Gasteiger partial charge in [0, 0.05) is 18.1 Å². The van der Waals surface area contributed by atoms with E-state index >= 15 is 0 Å². The monoisotopic (exact) mass is 392 g/mol. The second kappa shape index (κ2) is 8.33. The number of imidazole rings is 1. The van der Waals surface area contributed by atoms with Gasteiger partial charge in [0.2, 0.25) is 5.91 Å². The van der Waals surface area contributed by atoms with E-state index in [1.807, 2.05) is 66.2 Å². The molecule has 0 fully saturated rings. The lowest BCUT2D eigenvalue weighted by Gasteiger charge is -2.15. The highest BCUT2D eigenvalue weighted by Crippen LogP contribution is 2.22. The molecule has 0 bridgehead atoms. The topological polar surface area (TPSA) is 69.0 Å². The van der Waals surface area contributed by atoms with Crippen molar-refractivity contribution < 1.29 is 9.53 Å². The van der Waals surface area contributed by atoms with Crippen LogP contribution in [-0.4, -0.2) is 27.0 Å². The molecule has 0 saturated heterocycles. The van der Waals surface area contributed by atoms with Gasteiger partial charge in [0.1, 0.15) is 11.6 Å². The quantitative estimate of drug-likeness (QED) is 0.518. The summed E-state index contributed by atoms with van der Waals surface area (Å²) in [7, 11) is 0. The van der Waals surface area contributed by atoms with Crippen LogP contribution in [-0.2, 0) is 16.1 Å². The van der Waals surface area contributed by atoms with Gasteiger partial charge in [-0.15, -0.1) is 11.3 Å². The first-order valence-electron chi connectivity index (χ1n) is 8.99. The van der Waals surface area contributed by atoms with Crippen molar-refractivity contribution in [3.63, 3.8) is 0 Å². The van der Waals surface area contributed by atoms with E-state index in [1.165, 1.54) is 0 Å². The van der Waals surface area contributed by atoms with E-state index in [0.29, 0.717) is 6.61 Å². The summed E-state index contributed by atoms with van der Waals surface area (Å²) < 4.78 is 8.60. The average molecular weight is 392 g/mol. The van der Waals surface area contributed by atoms with Crippen LogP contribution in [0, 0.1) is 0 Å². The summed E-state index contributed by atoms with van der Waals surface area (Å²) in [6.45, 7) is 2.30. The van der Waals surface area contributed by atoms with Crippen molar-refractivity contribution in [2.45, 2.75) is 19.6 Å². The van der Waals surface area contributed by atoms with E-state index in [9.17, 15) is 4.79 Å². The molecule has 0 aliphatic heterocycles. The number of fused-ring (bicyclic) bond motifs is 1. The number of nitrogens with one attached hydrogen (secondary N) is 1. The molecule has 2 aromatic carbocycles. The van der Waals surface area contributed by atoms with Crippen LogP contribution in [0.3, 0.4) is 0 Å². The zero-order valence-electron chi connectivity index (χ0n) is 15.4. The summed E-state index contributed by atoms with van der Waals surface area (Å²) in [5.74, 6) is -0.146. The largest absolute Gasteiger partial charge is 0.364 e. The van der Waals surface area contributed by atoms with Gasteiger partial charge in [-0.3, -0.25) is 4.79 Å². The molecule has 28 heavy (non-hydrogen) atoms. The molecule has 4 aromatic rings. The maximum atomic E-state index is 12.2. The van der Waals surface area contributed by atoms with Gasteiger partial charge in [0.15, 0.2) is 0 Å². The Balaban J connectivity index is 1.27. The maximum absolute atomic E-state index is 12.2. The van der Waals surface area contributed by atoms with Crippen LogP contribution < -0.4 is 5.32 Å². The summed E-state index contributed by atoms with van der Waals surface area (Å²) in [4.78, 5) is 20.7. The Kier molecular flexibility index (Phi) is 5.45. The van der Waals surface area contributed by atoms with Gasteiger partial charge >= 0.3 is 0 Å². The Morgan fingerprint density at radius 1 is 1.21 bits per heavy atom. The van der Waals surface area contributed by atoms with Gasteiger partial charge < -0.3 is 14.6 Å². The number of carbonyl (C=O) groups is 1. The zero-order chi connectivity index (χ0) is 19.3. The van der Waals surface area contributed by atoms with E-state index < -0.39 is 0 Å². The predicted octanol–water partition coefficient (Wildman–Crippen LogP) is 3.88. The molecule has 4 rings (SSSR count). The molecule has 2 aromatic heterocycles. The lowest BCUT2D eigenvalue weighted by Crippen LogP contribution is -2.30. The van der Waals surface area contributed by atoms with Crippen molar-refractivity contribution in [3.8, 4) is 5.69 Å². The number of thiazole rings is 1. The summed E-state index contributed by atoms with van der Waals surface area (Å²) >= 11 is 1.59. The molecule has 1 atom stereocenters. The summed E-state index contributed by atoms with van der Waals surface area (Å²) in [6, 6.07) is 15.9. The third-order valence-corrected chi connectivity index (χ3v) is 5.38. The molecular weight excluding hydrogens is 372 g/mol. The van der Waals surface area contributed by atoms with Crippen LogP contribution in [0.15, 0.2) is 67.3 Å². The number of para-hydroxylation sites is 1. The fourth-order valence-electron chi connectivity index (χ4n) is 2.93. The molecule has 1 N–H and O–H groups in total. The highest BCUT2D eigenvalue weighted by atomic mass is 32.1. The number of benzene rings is 2. The van der Waals surface area contributed by atoms with E-state index in [2.05, 4.69) is 15.3 Å². The Bertz CT molecular complexity index is 1020. The van der Waals surface area contributed by atoms with Gasteiger partial charge in [-0.1, -0.05) is 24.3 Å². The first-order valence-corrected chi connectivity index (χ1v) is 9.80. The van der Waals surface area contributed by atoms with E-state index in [-0.39, 0.29) is 18.6 Å². The Morgan fingerprint density at radius 2 is 2.04 bits per heavy atom. The molecule has 0 saturated carbocycles. The third-order valence-electron chi connectivity index (χ3n) is 4.37. The van der Waals surface area contributed by atoms with Crippen molar-refractivity contribution in [1.29, 1.82) is 0 Å². The number of rotatable bonds is 7. The summed E-state index contributed by atoms with van der Waals surface area (Å²) in [5, 5.41) is 3.84. The van der Waals surface area contributed by atoms with Crippen molar-refractivity contribution in [3.05, 3.63) is 77.8 Å². The normalized spacial score (nSPS) is 12.2. The molecule has 6 nitrogen and oxygen atoms in total. The van der Waals surface area contributed by atoms with E-state index in [1.54, 1.807) is 23.9 Å². The minimum Gasteiger partial charge on any atom is -0.364 e. The minimum absolute atomic E-state index is 0.00733. The number of carbonyl (C=O) groups excluding carboxylic acids is 1. The molecule has 0 aliphatic rings. The van der Waals surface area contributed by atoms with E-state index in [4.69, 9.17) is 4.74 Å². The van der Waals surface area contributed by atoms with Crippen molar-refractivity contribution >= 4 is 27.5 Å². The number of hydrogen-bond donors (Lipinski definition) is 1. The standard InChI is InChI=1S/C21H20N4O2S/c1-15(16-6-8-17(9-7-16)25-11-10-22-14-25)23-20(26)12-27-13-21-24-18-4-2-3-5-19(18)28-21/h2-11,14-15H,12-13H2,1H3,(H,23,26)/t15-/m0/s1. The summed E-state index contributed by atoms with van der Waals surface area (Å²) in [5.41, 5.74) is 3.02. The number of hydrogen-bond acceptors (Lipinski definition) is 5. The maximum Gasteiger partial charge on any atom is 0.246 e. The second-order valence-corrected chi connectivity index (χ2v) is 7.53. The average Bonchev–Trinajstić information content (AvgIpc) is 3.37. The fraction of sp³-hybridized carbons (Fsp3) is 0.190. The molecule has 0 spiro atoms. The number of nitrogens with zero attached hydrogens (tertiary/aromatic N) is 3. The minimum atomic E-state index is -0.146. The highest BCUT2D eigenvalue weighted by Gasteiger charge is 2.11. The first kappa shape index (κ1) is 18.3. The predicted molar refractivity (Wildman–Crippen MR) is 109 cm³/mol. The Labute approximate surface area is 166 Å². The molecule has 0 radical (unpaired) electrons. The van der Waals surface area contributed by atoms with Crippen LogP contribution in [0.1, 0.15) is 23.5 Å². The molecule has 142 valence electrons. The van der Waals surface area contributed by atoms with Crippen LogP contribution in [0.4, 0.5) is 0 Å². The lowest BCUT2D eigenvalue weighted by molar-refractivity contribution is -0.126. The van der Waals surface area contributed by atoms with Gasteiger partial charge in [-0.2, -0.15) is 0 Å². The fourth-order valence-corrected chi connectivity index (χ4v) is 3.83. The lowest BCUT2D eigenvalue weighted by atomic mass is 10.1. The molecule has 7 heteroatoms. The zero-order valence-corrected chi connectivity index (χ0v) is 16.2. The van der Waals surface area contributed by atoms with Crippen molar-refractivity contribution in [2.24, 2.45) is 0 Å². The number of amides is 1. The van der Waals surface area contributed by atoms with Crippen LogP contribution in [0.25, 0.3) is 15.9 Å². The van der Waals surface area contributed by atoms with E-state index in [0.717, 1.165) is 26.5 Å². The summed E-state index contributed by atoms with van der Waals surface area (Å²) in [6.07, 6.45) is 5.39. The van der Waals surface area contributed by atoms with Crippen molar-refractivity contribution in [2.75, 3.05) is 6.61 Å². The Hall–Kier alpha value is -3.03. The van der Waals surface area contributed by atoms with Crippen LogP contribution >= 0.6 is 11.3 Å². The van der Waals surface area contributed by atoms with Crippen LogP contribution in [0.2, 0.25) is 0 Å². The van der Waals surface area contributed by atoms with Gasteiger partial charge in [-0.05, 0) is 36.8 Å². The smallest absolute Gasteiger partial charge is 0.246 e. The molecule has 2 heterocycles. The molecule has 0 aliphatic carbocycles. The van der Waals surface area contributed by atoms with Gasteiger partial charge in [0.05, 0.1) is 29.2 Å². The molecule has 0 unspecified atom stereocenters.